The first kappa shape index (κ1) is 13.1. The number of Topliss-reactive ketones (excluding diaryl/α,β-unsaturated/α-hetero) is 1. The van der Waals surface area contributed by atoms with E-state index in [2.05, 4.69) is 5.32 Å². The normalized spacial score (nSPS) is 24.2. The molecule has 0 aliphatic carbocycles. The quantitative estimate of drug-likeness (QED) is 0.825. The van der Waals surface area contributed by atoms with Crippen LogP contribution >= 0.6 is 0 Å². The third kappa shape index (κ3) is 2.41. The van der Waals surface area contributed by atoms with E-state index in [0.717, 1.165) is 25.1 Å². The molecule has 2 rings (SSSR count). The van der Waals surface area contributed by atoms with Crippen LogP contribution in [0.15, 0.2) is 24.3 Å². The number of carbonyl (C=O) groups excluding carboxylic acids is 1. The zero-order valence-corrected chi connectivity index (χ0v) is 9.97. The van der Waals surface area contributed by atoms with E-state index in [-0.39, 0.29) is 5.78 Å². The average molecular weight is 257 g/mol. The lowest BCUT2D eigenvalue weighted by molar-refractivity contribution is -0.137. The van der Waals surface area contributed by atoms with E-state index in [9.17, 15) is 18.0 Å². The summed E-state index contributed by atoms with van der Waals surface area (Å²) in [7, 11) is 0. The van der Waals surface area contributed by atoms with Crippen LogP contribution < -0.4 is 5.32 Å². The van der Waals surface area contributed by atoms with Crippen molar-refractivity contribution in [2.75, 3.05) is 6.54 Å². The second-order valence-electron chi connectivity index (χ2n) is 4.77. The molecule has 1 saturated heterocycles. The van der Waals surface area contributed by atoms with Gasteiger partial charge in [0.05, 0.1) is 11.1 Å². The zero-order valence-electron chi connectivity index (χ0n) is 9.97. The lowest BCUT2D eigenvalue weighted by atomic mass is 9.89. The van der Waals surface area contributed by atoms with Crippen molar-refractivity contribution < 1.29 is 18.0 Å². The molecule has 1 aliphatic rings. The van der Waals surface area contributed by atoms with Crippen molar-refractivity contribution in [1.82, 2.24) is 5.32 Å². The molecule has 98 valence electrons. The van der Waals surface area contributed by atoms with E-state index in [0.29, 0.717) is 12.0 Å². The number of hydrogen-bond donors (Lipinski definition) is 1. The van der Waals surface area contributed by atoms with Crippen molar-refractivity contribution in [3.8, 4) is 0 Å². The molecule has 18 heavy (non-hydrogen) atoms. The van der Waals surface area contributed by atoms with Crippen LogP contribution in [-0.4, -0.2) is 17.9 Å². The molecule has 1 fully saturated rings. The highest BCUT2D eigenvalue weighted by atomic mass is 19.4. The third-order valence-corrected chi connectivity index (χ3v) is 3.34. The summed E-state index contributed by atoms with van der Waals surface area (Å²) in [5.74, 6) is -0.145. The molecule has 0 bridgehead atoms. The summed E-state index contributed by atoms with van der Waals surface area (Å²) in [6.07, 6.45) is -2.74. The minimum atomic E-state index is -4.36. The molecule has 1 aromatic rings. The van der Waals surface area contributed by atoms with Crippen molar-refractivity contribution in [3.05, 3.63) is 35.4 Å². The Morgan fingerprint density at radius 3 is 2.33 bits per heavy atom. The van der Waals surface area contributed by atoms with E-state index in [1.807, 2.05) is 0 Å². The first-order chi connectivity index (χ1) is 8.33. The molecule has 1 N–H and O–H groups in total. The van der Waals surface area contributed by atoms with Gasteiger partial charge < -0.3 is 5.32 Å². The first-order valence-electron chi connectivity index (χ1n) is 5.80. The number of hydrogen-bond acceptors (Lipinski definition) is 2. The number of benzene rings is 1. The third-order valence-electron chi connectivity index (χ3n) is 3.34. The van der Waals surface area contributed by atoms with Crippen LogP contribution in [-0.2, 0) is 6.18 Å². The SMILES string of the molecule is CC1(C(=O)c2ccc(C(F)(F)F)cc2)CCCN1. The Morgan fingerprint density at radius 1 is 1.28 bits per heavy atom. The number of alkyl halides is 3. The van der Waals surface area contributed by atoms with Gasteiger partial charge in [0.2, 0.25) is 0 Å². The maximum absolute atomic E-state index is 12.4. The van der Waals surface area contributed by atoms with Crippen molar-refractivity contribution in [2.45, 2.75) is 31.5 Å². The maximum Gasteiger partial charge on any atom is 0.416 e. The van der Waals surface area contributed by atoms with Gasteiger partial charge in [-0.15, -0.1) is 0 Å². The monoisotopic (exact) mass is 257 g/mol. The van der Waals surface area contributed by atoms with Crippen molar-refractivity contribution in [3.63, 3.8) is 0 Å². The first-order valence-corrected chi connectivity index (χ1v) is 5.80. The number of rotatable bonds is 2. The Morgan fingerprint density at radius 2 is 1.89 bits per heavy atom. The van der Waals surface area contributed by atoms with Gasteiger partial charge in [0.15, 0.2) is 5.78 Å². The molecule has 0 spiro atoms. The highest BCUT2D eigenvalue weighted by Crippen LogP contribution is 2.30. The fraction of sp³-hybridized carbons (Fsp3) is 0.462. The summed E-state index contributed by atoms with van der Waals surface area (Å²) in [5.41, 5.74) is -1.05. The number of ketones is 1. The molecule has 5 heteroatoms. The predicted molar refractivity (Wildman–Crippen MR) is 61.4 cm³/mol. The molecule has 1 aromatic carbocycles. The van der Waals surface area contributed by atoms with Crippen LogP contribution in [0.5, 0.6) is 0 Å². The van der Waals surface area contributed by atoms with Gasteiger partial charge in [-0.05, 0) is 38.4 Å². The van der Waals surface area contributed by atoms with Crippen LogP contribution in [0.3, 0.4) is 0 Å². The molecular weight excluding hydrogens is 243 g/mol. The fourth-order valence-electron chi connectivity index (χ4n) is 2.22. The van der Waals surface area contributed by atoms with Crippen LogP contribution in [0.25, 0.3) is 0 Å². The smallest absolute Gasteiger partial charge is 0.305 e. The highest BCUT2D eigenvalue weighted by Gasteiger charge is 2.37. The Balaban J connectivity index is 2.22. The number of nitrogens with one attached hydrogen (secondary N) is 1. The number of carbonyl (C=O) groups is 1. The molecule has 0 radical (unpaired) electrons. The molecule has 1 heterocycles. The van der Waals surface area contributed by atoms with Crippen molar-refractivity contribution in [1.29, 1.82) is 0 Å². The summed E-state index contributed by atoms with van der Waals surface area (Å²) < 4.78 is 37.2. The topological polar surface area (TPSA) is 29.1 Å². The summed E-state index contributed by atoms with van der Waals surface area (Å²) in [5, 5.41) is 3.10. The molecule has 1 aliphatic heterocycles. The van der Waals surface area contributed by atoms with Gasteiger partial charge in [-0.1, -0.05) is 12.1 Å². The molecule has 1 atom stereocenters. The molecule has 2 nitrogen and oxygen atoms in total. The summed E-state index contributed by atoms with van der Waals surface area (Å²) in [6.45, 7) is 2.56. The van der Waals surface area contributed by atoms with E-state index < -0.39 is 17.3 Å². The van der Waals surface area contributed by atoms with Crippen LogP contribution in [0.2, 0.25) is 0 Å². The van der Waals surface area contributed by atoms with Crippen molar-refractivity contribution in [2.24, 2.45) is 0 Å². The minimum Gasteiger partial charge on any atom is -0.305 e. The van der Waals surface area contributed by atoms with Crippen molar-refractivity contribution >= 4 is 5.78 Å². The van der Waals surface area contributed by atoms with E-state index in [4.69, 9.17) is 0 Å². The van der Waals surface area contributed by atoms with E-state index in [1.165, 1.54) is 12.1 Å². The lowest BCUT2D eigenvalue weighted by Crippen LogP contribution is -2.44. The highest BCUT2D eigenvalue weighted by molar-refractivity contribution is 6.03. The van der Waals surface area contributed by atoms with Gasteiger partial charge in [0.25, 0.3) is 0 Å². The Labute approximate surface area is 103 Å². The van der Waals surface area contributed by atoms with Gasteiger partial charge in [0.1, 0.15) is 0 Å². The summed E-state index contributed by atoms with van der Waals surface area (Å²) in [6, 6.07) is 4.39. The van der Waals surface area contributed by atoms with Gasteiger partial charge >= 0.3 is 6.18 Å². The second-order valence-corrected chi connectivity index (χ2v) is 4.77. The Hall–Kier alpha value is -1.36. The fourth-order valence-corrected chi connectivity index (χ4v) is 2.22. The predicted octanol–water partition coefficient (Wildman–Crippen LogP) is 3.03. The Bertz CT molecular complexity index is 444. The van der Waals surface area contributed by atoms with Crippen LogP contribution in [0.4, 0.5) is 13.2 Å². The molecular formula is C13H14F3NO. The zero-order chi connectivity index (χ0) is 13.4. The molecule has 0 amide bonds. The van der Waals surface area contributed by atoms with Gasteiger partial charge in [-0.25, -0.2) is 0 Å². The van der Waals surface area contributed by atoms with Gasteiger partial charge in [-0.3, -0.25) is 4.79 Å². The maximum atomic E-state index is 12.4. The number of halogens is 3. The van der Waals surface area contributed by atoms with Gasteiger partial charge in [-0.2, -0.15) is 13.2 Å². The largest absolute Gasteiger partial charge is 0.416 e. The molecule has 1 unspecified atom stereocenters. The Kier molecular flexibility index (Phi) is 3.19. The van der Waals surface area contributed by atoms with Crippen LogP contribution in [0.1, 0.15) is 35.7 Å². The average Bonchev–Trinajstić information content (AvgIpc) is 2.75. The lowest BCUT2D eigenvalue weighted by Gasteiger charge is -2.22. The summed E-state index contributed by atoms with van der Waals surface area (Å²) in [4.78, 5) is 12.2. The molecule has 0 saturated carbocycles. The van der Waals surface area contributed by atoms with Gasteiger partial charge in [0, 0.05) is 5.56 Å². The van der Waals surface area contributed by atoms with Crippen LogP contribution in [0, 0.1) is 0 Å². The standard InChI is InChI=1S/C13H14F3NO/c1-12(7-2-8-17-12)11(18)9-3-5-10(6-4-9)13(14,15)16/h3-6,17H,2,7-8H2,1H3. The molecule has 0 aromatic heterocycles. The van der Waals surface area contributed by atoms with E-state index in [1.54, 1.807) is 6.92 Å². The summed E-state index contributed by atoms with van der Waals surface area (Å²) >= 11 is 0. The second kappa shape index (κ2) is 4.39. The van der Waals surface area contributed by atoms with E-state index >= 15 is 0 Å². The minimum absolute atomic E-state index is 0.145.